The molecular weight excluding hydrogens is 509 g/mol. The molecule has 198 valence electrons. The molecule has 40 heavy (non-hydrogen) atoms. The van der Waals surface area contributed by atoms with E-state index < -0.39 is 5.82 Å². The number of benzene rings is 1. The summed E-state index contributed by atoms with van der Waals surface area (Å²) in [5, 5.41) is 10.3. The number of fused-ring (bicyclic) bond motifs is 2. The van der Waals surface area contributed by atoms with Crippen molar-refractivity contribution in [2.75, 3.05) is 23.3 Å². The molecule has 5 aromatic heterocycles. The van der Waals surface area contributed by atoms with Gasteiger partial charge in [0.15, 0.2) is 17.5 Å². The smallest absolute Gasteiger partial charge is 0.255 e. The average Bonchev–Trinajstić information content (AvgIpc) is 3.63. The maximum Gasteiger partial charge on any atom is 0.255 e. The lowest BCUT2D eigenvalue weighted by Crippen LogP contribution is -2.30. The zero-order chi connectivity index (χ0) is 27.1. The number of aromatic amines is 2. The molecule has 3 N–H and O–H groups in total. The van der Waals surface area contributed by atoms with Crippen LogP contribution in [0.3, 0.4) is 0 Å². The lowest BCUT2D eigenvalue weighted by molar-refractivity contribution is 0.102. The molecule has 0 aliphatic carbocycles. The second-order valence-corrected chi connectivity index (χ2v) is 9.73. The van der Waals surface area contributed by atoms with Gasteiger partial charge in [0.05, 0.1) is 34.5 Å². The zero-order valence-electron chi connectivity index (χ0n) is 21.4. The minimum Gasteiger partial charge on any atom is -0.355 e. The summed E-state index contributed by atoms with van der Waals surface area (Å²) in [6.07, 6.45) is 9.75. The fourth-order valence-electron chi connectivity index (χ4n) is 5.15. The van der Waals surface area contributed by atoms with E-state index in [1.807, 2.05) is 12.1 Å². The van der Waals surface area contributed by atoms with Gasteiger partial charge in [0.1, 0.15) is 16.9 Å². The summed E-state index contributed by atoms with van der Waals surface area (Å²) < 4.78 is 16.1. The highest BCUT2D eigenvalue weighted by Crippen LogP contribution is 2.34. The predicted octanol–water partition coefficient (Wildman–Crippen LogP) is 5.34. The van der Waals surface area contributed by atoms with Crippen LogP contribution in [-0.2, 0) is 0 Å². The molecule has 1 fully saturated rings. The molecule has 1 aliphatic rings. The second-order valence-electron chi connectivity index (χ2n) is 9.73. The Balaban J connectivity index is 1.26. The van der Waals surface area contributed by atoms with Crippen molar-refractivity contribution in [2.45, 2.75) is 19.3 Å². The maximum atomic E-state index is 16.1. The zero-order valence-corrected chi connectivity index (χ0v) is 21.4. The van der Waals surface area contributed by atoms with Crippen molar-refractivity contribution in [3.05, 3.63) is 78.6 Å². The number of nitrogens with zero attached hydrogens (tertiary/aromatic N) is 6. The van der Waals surface area contributed by atoms with Gasteiger partial charge in [0.2, 0.25) is 0 Å². The number of rotatable bonds is 5. The normalized spacial score (nSPS) is 13.7. The first-order chi connectivity index (χ1) is 19.7. The average molecular weight is 534 g/mol. The van der Waals surface area contributed by atoms with Gasteiger partial charge in [-0.3, -0.25) is 19.9 Å². The standard InChI is InChI=1S/C29H24FN9O/c30-23-22-21(16-33-24(23)18-13-19(15-31-14-18)34-29(40)17-7-3-1-4-8-17)37-38-26(22)27-35-20-9-10-32-28(25(20)36-27)39-11-5-2-6-12-39/h1,3-4,7-10,13-16H,2,5-6,11-12H2,(H,34,40)(H,35,36)(H,37,38). The number of amides is 1. The summed E-state index contributed by atoms with van der Waals surface area (Å²) in [5.74, 6) is 0.404. The highest BCUT2D eigenvalue weighted by molar-refractivity contribution is 6.04. The predicted molar refractivity (Wildman–Crippen MR) is 150 cm³/mol. The number of halogens is 1. The van der Waals surface area contributed by atoms with Crippen molar-refractivity contribution in [1.82, 2.24) is 35.1 Å². The van der Waals surface area contributed by atoms with Gasteiger partial charge in [-0.1, -0.05) is 18.2 Å². The maximum absolute atomic E-state index is 16.1. The quantitative estimate of drug-likeness (QED) is 0.273. The third-order valence-corrected chi connectivity index (χ3v) is 7.11. The fraction of sp³-hybridized carbons (Fsp3) is 0.172. The Morgan fingerprint density at radius 3 is 2.65 bits per heavy atom. The molecular formula is C29H24FN9O. The first-order valence-electron chi connectivity index (χ1n) is 13.1. The number of hydrogen-bond acceptors (Lipinski definition) is 7. The molecule has 0 atom stereocenters. The monoisotopic (exact) mass is 533 g/mol. The van der Waals surface area contributed by atoms with Gasteiger partial charge in [-0.2, -0.15) is 5.10 Å². The molecule has 7 rings (SSSR count). The topological polar surface area (TPSA) is 128 Å². The van der Waals surface area contributed by atoms with Crippen LogP contribution in [0.25, 0.3) is 44.7 Å². The molecule has 0 unspecified atom stereocenters. The number of piperidine rings is 1. The lowest BCUT2D eigenvalue weighted by atomic mass is 10.1. The van der Waals surface area contributed by atoms with Crippen molar-refractivity contribution in [3.63, 3.8) is 0 Å². The molecule has 6 aromatic rings. The number of nitrogens with one attached hydrogen (secondary N) is 3. The number of imidazole rings is 1. The van der Waals surface area contributed by atoms with Gasteiger partial charge in [-0.15, -0.1) is 0 Å². The third-order valence-electron chi connectivity index (χ3n) is 7.11. The Bertz CT molecular complexity index is 1860. The van der Waals surface area contributed by atoms with Crippen LogP contribution in [-0.4, -0.2) is 54.1 Å². The van der Waals surface area contributed by atoms with Gasteiger partial charge in [-0.25, -0.2) is 14.4 Å². The number of pyridine rings is 3. The SMILES string of the molecule is O=C(Nc1cncc(-c2ncc3[nH]nc(-c4nc5c(N6CCCCC6)nccc5[nH]4)c3c2F)c1)c1ccccc1. The number of hydrogen-bond donors (Lipinski definition) is 3. The van der Waals surface area contributed by atoms with E-state index in [-0.39, 0.29) is 17.0 Å². The molecule has 0 spiro atoms. The van der Waals surface area contributed by atoms with E-state index in [2.05, 4.69) is 40.3 Å². The summed E-state index contributed by atoms with van der Waals surface area (Å²) in [6, 6.07) is 12.3. The van der Waals surface area contributed by atoms with Crippen LogP contribution in [0.4, 0.5) is 15.9 Å². The van der Waals surface area contributed by atoms with Crippen LogP contribution < -0.4 is 10.2 Å². The highest BCUT2D eigenvalue weighted by atomic mass is 19.1. The molecule has 1 aliphatic heterocycles. The lowest BCUT2D eigenvalue weighted by Gasteiger charge is -2.27. The Kier molecular flexibility index (Phi) is 5.88. The number of anilines is 2. The first kappa shape index (κ1) is 23.9. The van der Waals surface area contributed by atoms with Gasteiger partial charge in [0, 0.05) is 36.6 Å². The number of carbonyl (C=O) groups is 1. The summed E-state index contributed by atoms with van der Waals surface area (Å²) in [4.78, 5) is 36.1. The minimum atomic E-state index is -0.565. The molecule has 11 heteroatoms. The van der Waals surface area contributed by atoms with Gasteiger partial charge in [0.25, 0.3) is 5.91 Å². The van der Waals surface area contributed by atoms with Gasteiger partial charge in [-0.05, 0) is 43.5 Å². The Morgan fingerprint density at radius 1 is 0.950 bits per heavy atom. The summed E-state index contributed by atoms with van der Waals surface area (Å²) in [5.41, 5.74) is 3.76. The molecule has 0 radical (unpaired) electrons. The van der Waals surface area contributed by atoms with Crippen molar-refractivity contribution >= 4 is 39.3 Å². The molecule has 10 nitrogen and oxygen atoms in total. The van der Waals surface area contributed by atoms with Crippen LogP contribution in [0.15, 0.2) is 67.3 Å². The molecule has 6 heterocycles. The van der Waals surface area contributed by atoms with E-state index in [0.717, 1.165) is 42.8 Å². The summed E-state index contributed by atoms with van der Waals surface area (Å²) in [6.45, 7) is 1.87. The van der Waals surface area contributed by atoms with E-state index >= 15 is 4.39 Å². The fourth-order valence-corrected chi connectivity index (χ4v) is 5.15. The van der Waals surface area contributed by atoms with Crippen LogP contribution in [0.5, 0.6) is 0 Å². The largest absolute Gasteiger partial charge is 0.355 e. The second kappa shape index (κ2) is 9.84. The summed E-state index contributed by atoms with van der Waals surface area (Å²) in [7, 11) is 0. The third kappa shape index (κ3) is 4.21. The van der Waals surface area contributed by atoms with Gasteiger partial charge < -0.3 is 15.2 Å². The molecule has 1 aromatic carbocycles. The molecule has 1 saturated heterocycles. The summed E-state index contributed by atoms with van der Waals surface area (Å²) >= 11 is 0. The molecule has 0 saturated carbocycles. The van der Waals surface area contributed by atoms with E-state index in [9.17, 15) is 4.79 Å². The molecule has 0 bridgehead atoms. The molecule has 1 amide bonds. The Morgan fingerprint density at radius 2 is 1.80 bits per heavy atom. The van der Waals surface area contributed by atoms with Gasteiger partial charge >= 0.3 is 0 Å². The van der Waals surface area contributed by atoms with Crippen LogP contribution in [0.1, 0.15) is 29.6 Å². The van der Waals surface area contributed by atoms with Crippen LogP contribution in [0, 0.1) is 5.82 Å². The van der Waals surface area contributed by atoms with Crippen molar-refractivity contribution in [2.24, 2.45) is 0 Å². The van der Waals surface area contributed by atoms with E-state index in [1.165, 1.54) is 25.0 Å². The number of H-pyrrole nitrogens is 2. The van der Waals surface area contributed by atoms with Crippen LogP contribution >= 0.6 is 0 Å². The highest BCUT2D eigenvalue weighted by Gasteiger charge is 2.23. The van der Waals surface area contributed by atoms with Crippen molar-refractivity contribution in [3.8, 4) is 22.8 Å². The number of carbonyl (C=O) groups excluding carboxylic acids is 1. The number of aromatic nitrogens is 7. The van der Waals surface area contributed by atoms with Crippen molar-refractivity contribution in [1.29, 1.82) is 0 Å². The Labute approximate surface area is 227 Å². The van der Waals surface area contributed by atoms with E-state index in [4.69, 9.17) is 4.98 Å². The Hall–Kier alpha value is -5.19. The van der Waals surface area contributed by atoms with Crippen molar-refractivity contribution < 1.29 is 9.18 Å². The van der Waals surface area contributed by atoms with E-state index in [0.29, 0.717) is 33.8 Å². The minimum absolute atomic E-state index is 0.0882. The van der Waals surface area contributed by atoms with Crippen LogP contribution in [0.2, 0.25) is 0 Å². The van der Waals surface area contributed by atoms with E-state index in [1.54, 1.807) is 36.5 Å². The first-order valence-corrected chi connectivity index (χ1v) is 13.1.